The number of hydrogen-bond donors (Lipinski definition) is 4. The molecule has 6 nitrogen and oxygen atoms in total. The van der Waals surface area contributed by atoms with Gasteiger partial charge in [-0.3, -0.25) is 9.98 Å². The molecule has 4 N–H and O–H groups in total. The van der Waals surface area contributed by atoms with Crippen molar-refractivity contribution in [3.05, 3.63) is 83.9 Å². The fourth-order valence-electron chi connectivity index (χ4n) is 4.11. The summed E-state index contributed by atoms with van der Waals surface area (Å²) in [6.07, 6.45) is 0. The first kappa shape index (κ1) is 20.8. The average Bonchev–Trinajstić information content (AvgIpc) is 3.53. The van der Waals surface area contributed by atoms with Gasteiger partial charge in [0.25, 0.3) is 0 Å². The predicted octanol–water partition coefficient (Wildman–Crippen LogP) is 4.91. The molecule has 1 aromatic heterocycles. The summed E-state index contributed by atoms with van der Waals surface area (Å²) in [5.74, 6) is 1.89. The molecule has 1 aliphatic rings. The maximum atomic E-state index is 4.52. The number of aromatic amines is 1. The van der Waals surface area contributed by atoms with E-state index in [4.69, 9.17) is 0 Å². The molecule has 1 aliphatic heterocycles. The third-order valence-corrected chi connectivity index (χ3v) is 5.78. The number of hydrogen-bond acceptors (Lipinski definition) is 4. The minimum absolute atomic E-state index is 0.845. The van der Waals surface area contributed by atoms with E-state index in [1.165, 1.54) is 5.39 Å². The smallest absolute Gasteiger partial charge is 0.128 e. The van der Waals surface area contributed by atoms with E-state index in [1.807, 2.05) is 0 Å². The molecule has 2 heterocycles. The number of benzene rings is 3. The fraction of sp³-hybridized carbons (Fsp3) is 0.185. The summed E-state index contributed by atoms with van der Waals surface area (Å²) in [6, 6.07) is 25.4. The lowest BCUT2D eigenvalue weighted by Gasteiger charge is -2.10. The minimum Gasteiger partial charge on any atom is -0.370 e. The Morgan fingerprint density at radius 3 is 2.33 bits per heavy atom. The van der Waals surface area contributed by atoms with Gasteiger partial charge >= 0.3 is 0 Å². The molecule has 5 rings (SSSR count). The molecule has 0 fully saturated rings. The molecule has 6 heteroatoms. The first-order valence-electron chi connectivity index (χ1n) is 11.3. The summed E-state index contributed by atoms with van der Waals surface area (Å²) in [5, 5.41) is 11.3. The van der Waals surface area contributed by atoms with Gasteiger partial charge in [0, 0.05) is 59.2 Å². The molecular formula is C27H28N6. The Labute approximate surface area is 193 Å². The van der Waals surface area contributed by atoms with E-state index in [0.29, 0.717) is 0 Å². The van der Waals surface area contributed by atoms with Crippen molar-refractivity contribution in [2.45, 2.75) is 6.92 Å². The number of amidine groups is 2. The normalized spacial score (nSPS) is 13.6. The van der Waals surface area contributed by atoms with Crippen LogP contribution in [0.4, 0.5) is 11.4 Å². The van der Waals surface area contributed by atoms with E-state index >= 15 is 0 Å². The van der Waals surface area contributed by atoms with Crippen LogP contribution in [0.3, 0.4) is 0 Å². The second kappa shape index (κ2) is 9.20. The molecule has 33 heavy (non-hydrogen) atoms. The van der Waals surface area contributed by atoms with Gasteiger partial charge < -0.3 is 20.9 Å². The number of nitrogens with zero attached hydrogens (tertiary/aromatic N) is 2. The van der Waals surface area contributed by atoms with E-state index in [2.05, 4.69) is 111 Å². The molecule has 0 saturated carbocycles. The van der Waals surface area contributed by atoms with E-state index in [-0.39, 0.29) is 0 Å². The van der Waals surface area contributed by atoms with Crippen molar-refractivity contribution >= 4 is 33.9 Å². The van der Waals surface area contributed by atoms with Crippen LogP contribution >= 0.6 is 0 Å². The van der Waals surface area contributed by atoms with E-state index in [9.17, 15) is 0 Å². The summed E-state index contributed by atoms with van der Waals surface area (Å²) < 4.78 is 0. The second-order valence-electron chi connectivity index (χ2n) is 8.02. The number of nitrogens with one attached hydrogen (secondary N) is 4. The molecule has 0 amide bonds. The zero-order valence-electron chi connectivity index (χ0n) is 18.9. The number of fused-ring (bicyclic) bond motifs is 1. The Morgan fingerprint density at radius 2 is 1.67 bits per heavy atom. The summed E-state index contributed by atoms with van der Waals surface area (Å²) >= 11 is 0. The van der Waals surface area contributed by atoms with Gasteiger partial charge in [-0.2, -0.15) is 0 Å². The number of H-pyrrole nitrogens is 1. The highest BCUT2D eigenvalue weighted by Gasteiger charge is 2.10. The first-order valence-corrected chi connectivity index (χ1v) is 11.3. The highest BCUT2D eigenvalue weighted by atomic mass is 15.1. The van der Waals surface area contributed by atoms with Gasteiger partial charge in [-0.05, 0) is 61.0 Å². The molecule has 166 valence electrons. The number of aromatic nitrogens is 1. The largest absolute Gasteiger partial charge is 0.370 e. The lowest BCUT2D eigenvalue weighted by atomic mass is 10.1. The number of anilines is 2. The molecule has 3 aromatic carbocycles. The van der Waals surface area contributed by atoms with Crippen molar-refractivity contribution in [3.63, 3.8) is 0 Å². The maximum Gasteiger partial charge on any atom is 0.128 e. The van der Waals surface area contributed by atoms with Crippen LogP contribution in [0.1, 0.15) is 18.1 Å². The molecule has 0 spiro atoms. The molecule has 0 radical (unpaired) electrons. The Morgan fingerprint density at radius 1 is 0.939 bits per heavy atom. The van der Waals surface area contributed by atoms with Crippen molar-refractivity contribution in [2.24, 2.45) is 9.98 Å². The molecule has 0 bridgehead atoms. The molecule has 0 unspecified atom stereocenters. The quantitative estimate of drug-likeness (QED) is 0.256. The van der Waals surface area contributed by atoms with Crippen LogP contribution in [-0.2, 0) is 0 Å². The van der Waals surface area contributed by atoms with Crippen molar-refractivity contribution in [3.8, 4) is 11.3 Å². The second-order valence-corrected chi connectivity index (χ2v) is 8.02. The lowest BCUT2D eigenvalue weighted by Crippen LogP contribution is -2.23. The summed E-state index contributed by atoms with van der Waals surface area (Å²) in [6.45, 7) is 4.68. The van der Waals surface area contributed by atoms with E-state index in [0.717, 1.165) is 70.6 Å². The standard InChI is InChI=1S/C27H28N6/c1-3-29-26(28-2)19-8-12-23(13-9-19)32-22-10-6-18(7-11-22)24-16-20-4-5-21(17-25(20)33-24)27-30-14-15-31-27/h4-13,16-17,32-33H,3,14-15H2,1-2H3,(H,28,29)(H,30,31). The van der Waals surface area contributed by atoms with E-state index < -0.39 is 0 Å². The Kier molecular flexibility index (Phi) is 5.81. The Bertz CT molecular complexity index is 1310. The van der Waals surface area contributed by atoms with Gasteiger partial charge in [0.2, 0.25) is 0 Å². The highest BCUT2D eigenvalue weighted by molar-refractivity contribution is 6.03. The summed E-state index contributed by atoms with van der Waals surface area (Å²) in [5.41, 5.74) is 7.67. The molecule has 0 saturated heterocycles. The zero-order valence-corrected chi connectivity index (χ0v) is 18.9. The molecule has 0 aliphatic carbocycles. The predicted molar refractivity (Wildman–Crippen MR) is 139 cm³/mol. The maximum absolute atomic E-state index is 4.52. The molecule has 4 aromatic rings. The Balaban J connectivity index is 1.31. The fourth-order valence-corrected chi connectivity index (χ4v) is 4.11. The van der Waals surface area contributed by atoms with Crippen LogP contribution in [0.25, 0.3) is 22.2 Å². The third-order valence-electron chi connectivity index (χ3n) is 5.78. The zero-order chi connectivity index (χ0) is 22.6. The van der Waals surface area contributed by atoms with Crippen LogP contribution in [0.15, 0.2) is 82.8 Å². The van der Waals surface area contributed by atoms with Crippen LogP contribution in [0.2, 0.25) is 0 Å². The van der Waals surface area contributed by atoms with Gasteiger partial charge in [-0.15, -0.1) is 0 Å². The average molecular weight is 437 g/mol. The van der Waals surface area contributed by atoms with Gasteiger partial charge in [0.15, 0.2) is 0 Å². The lowest BCUT2D eigenvalue weighted by molar-refractivity contribution is 0.960. The van der Waals surface area contributed by atoms with Crippen LogP contribution in [0.5, 0.6) is 0 Å². The monoisotopic (exact) mass is 436 g/mol. The first-order chi connectivity index (χ1) is 16.2. The summed E-state index contributed by atoms with van der Waals surface area (Å²) in [7, 11) is 1.80. The van der Waals surface area contributed by atoms with E-state index in [1.54, 1.807) is 7.05 Å². The van der Waals surface area contributed by atoms with Crippen LogP contribution in [-0.4, -0.2) is 43.3 Å². The SMILES string of the molecule is CCNC(=NC)c1ccc(Nc2ccc(-c3cc4ccc(C5=NCCN5)cc4[nH]3)cc2)cc1. The number of aliphatic imine (C=N–C) groups is 2. The van der Waals surface area contributed by atoms with Crippen molar-refractivity contribution < 1.29 is 0 Å². The minimum atomic E-state index is 0.845. The van der Waals surface area contributed by atoms with Crippen LogP contribution in [0, 0.1) is 0 Å². The van der Waals surface area contributed by atoms with Crippen molar-refractivity contribution in [1.29, 1.82) is 0 Å². The van der Waals surface area contributed by atoms with Gasteiger partial charge in [0.05, 0.1) is 6.54 Å². The van der Waals surface area contributed by atoms with Gasteiger partial charge in [-0.25, -0.2) is 0 Å². The van der Waals surface area contributed by atoms with Crippen molar-refractivity contribution in [1.82, 2.24) is 15.6 Å². The number of rotatable bonds is 6. The molecule has 0 atom stereocenters. The summed E-state index contributed by atoms with van der Waals surface area (Å²) in [4.78, 5) is 12.4. The Hall–Kier alpha value is -4.06. The van der Waals surface area contributed by atoms with Crippen LogP contribution < -0.4 is 16.0 Å². The molecular weight excluding hydrogens is 408 g/mol. The topological polar surface area (TPSA) is 76.6 Å². The van der Waals surface area contributed by atoms with Gasteiger partial charge in [0.1, 0.15) is 11.7 Å². The van der Waals surface area contributed by atoms with Gasteiger partial charge in [-0.1, -0.05) is 24.3 Å². The van der Waals surface area contributed by atoms with Crippen molar-refractivity contribution in [2.75, 3.05) is 32.0 Å². The highest BCUT2D eigenvalue weighted by Crippen LogP contribution is 2.27. The third kappa shape index (κ3) is 4.46.